The van der Waals surface area contributed by atoms with Gasteiger partial charge >= 0.3 is 5.88 Å². The largest absolute Gasteiger partial charge is 0.302 e. The van der Waals surface area contributed by atoms with Gasteiger partial charge in [-0.25, -0.2) is 4.99 Å². The molecular weight excluding hydrogens is 450 g/mol. The molecule has 1 aliphatic heterocycles. The van der Waals surface area contributed by atoms with Crippen LogP contribution < -0.4 is 14.9 Å². The minimum absolute atomic E-state index is 0.0344. The molecule has 32 heavy (non-hydrogen) atoms. The molecule has 0 fully saturated rings. The van der Waals surface area contributed by atoms with Gasteiger partial charge in [-0.3, -0.25) is 24.3 Å². The first kappa shape index (κ1) is 21.8. The Labute approximate surface area is 193 Å². The highest BCUT2D eigenvalue weighted by atomic mass is 35.5. The molecular formula is C22H19ClN5O3S+. The molecule has 2 amide bonds. The lowest BCUT2D eigenvalue weighted by Crippen LogP contribution is -2.33. The van der Waals surface area contributed by atoms with Gasteiger partial charge < -0.3 is 0 Å². The number of aromatic nitrogens is 2. The van der Waals surface area contributed by atoms with Gasteiger partial charge in [-0.1, -0.05) is 58.4 Å². The Hall–Kier alpha value is -3.43. The van der Waals surface area contributed by atoms with Crippen molar-refractivity contribution >= 4 is 58.0 Å². The molecule has 4 rings (SSSR count). The van der Waals surface area contributed by atoms with Gasteiger partial charge in [0.05, 0.1) is 11.4 Å². The number of anilines is 2. The molecule has 0 saturated carbocycles. The van der Waals surface area contributed by atoms with Crippen LogP contribution in [0, 0.1) is 0 Å². The van der Waals surface area contributed by atoms with Gasteiger partial charge in [0.2, 0.25) is 11.2 Å². The average molecular weight is 469 g/mol. The molecule has 3 aromatic rings. The zero-order valence-electron chi connectivity index (χ0n) is 17.1. The van der Waals surface area contributed by atoms with E-state index in [1.165, 1.54) is 4.90 Å². The maximum absolute atomic E-state index is 13.1. The third-order valence-electron chi connectivity index (χ3n) is 4.43. The van der Waals surface area contributed by atoms with E-state index in [1.54, 1.807) is 35.2 Å². The standard InChI is InChI=1S/C22H18ClN5O3S/c1-2-27-13-20(31-26-27)25-19(29)14-32-22-24-18(12-15-7-6-8-16(23)11-15)21(30)28(22)17-9-4-3-5-10-17/h3-13H,2,14H2,1H3/p+1/b18-12+. The summed E-state index contributed by atoms with van der Waals surface area (Å²) < 4.78 is 6.62. The quantitative estimate of drug-likeness (QED) is 0.439. The summed E-state index contributed by atoms with van der Waals surface area (Å²) in [6.07, 6.45) is 3.27. The van der Waals surface area contributed by atoms with Crippen molar-refractivity contribution in [3.63, 3.8) is 0 Å². The first-order valence-corrected chi connectivity index (χ1v) is 11.1. The number of halogens is 1. The number of hydrogen-bond acceptors (Lipinski definition) is 6. The fourth-order valence-corrected chi connectivity index (χ4v) is 3.95. The molecule has 2 heterocycles. The minimum atomic E-state index is -0.301. The molecule has 0 bridgehead atoms. The van der Waals surface area contributed by atoms with Gasteiger partial charge in [0, 0.05) is 5.02 Å². The smallest absolute Gasteiger partial charge is 0.288 e. The molecule has 10 heteroatoms. The number of hydrogen-bond donors (Lipinski definition) is 1. The van der Waals surface area contributed by atoms with Crippen LogP contribution in [0.5, 0.6) is 0 Å². The van der Waals surface area contributed by atoms with E-state index in [9.17, 15) is 9.59 Å². The summed E-state index contributed by atoms with van der Waals surface area (Å²) in [5.74, 6) is -0.293. The SMILES string of the molecule is CC[n+]1cc(NC(=O)CSC2=N/C(=C/c3cccc(Cl)c3)C(=O)N2c2ccccc2)on1. The van der Waals surface area contributed by atoms with Crippen molar-refractivity contribution in [1.82, 2.24) is 5.27 Å². The van der Waals surface area contributed by atoms with Crippen LogP contribution in [-0.2, 0) is 16.1 Å². The molecule has 162 valence electrons. The van der Waals surface area contributed by atoms with E-state index in [-0.39, 0.29) is 29.1 Å². The summed E-state index contributed by atoms with van der Waals surface area (Å²) in [6, 6.07) is 16.3. The molecule has 0 unspecified atom stereocenters. The second kappa shape index (κ2) is 9.80. The number of carbonyl (C=O) groups is 2. The number of para-hydroxylation sites is 1. The molecule has 0 aliphatic carbocycles. The lowest BCUT2D eigenvalue weighted by Gasteiger charge is -2.17. The number of nitrogens with zero attached hydrogens (tertiary/aromatic N) is 4. The zero-order valence-corrected chi connectivity index (χ0v) is 18.6. The number of aryl methyl sites for hydroxylation is 1. The normalized spacial score (nSPS) is 14.7. The molecule has 0 atom stereocenters. The number of amides is 2. The van der Waals surface area contributed by atoms with Crippen LogP contribution in [0.4, 0.5) is 11.6 Å². The van der Waals surface area contributed by atoms with Crippen LogP contribution in [0.2, 0.25) is 5.02 Å². The lowest BCUT2D eigenvalue weighted by molar-refractivity contribution is -0.759. The Bertz CT molecular complexity index is 1210. The summed E-state index contributed by atoms with van der Waals surface area (Å²) in [5, 5.41) is 7.39. The van der Waals surface area contributed by atoms with E-state index < -0.39 is 0 Å². The van der Waals surface area contributed by atoms with Crippen LogP contribution in [0.25, 0.3) is 6.08 Å². The van der Waals surface area contributed by atoms with Crippen molar-refractivity contribution < 1.29 is 18.8 Å². The molecule has 1 N–H and O–H groups in total. The van der Waals surface area contributed by atoms with Gasteiger partial charge in [-0.05, 0) is 42.8 Å². The zero-order chi connectivity index (χ0) is 22.5. The van der Waals surface area contributed by atoms with Crippen LogP contribution >= 0.6 is 23.4 Å². The first-order valence-electron chi connectivity index (χ1n) is 9.78. The van der Waals surface area contributed by atoms with E-state index in [0.29, 0.717) is 22.4 Å². The molecule has 1 aliphatic rings. The van der Waals surface area contributed by atoms with Gasteiger partial charge in [-0.15, -0.1) is 0 Å². The molecule has 0 radical (unpaired) electrons. The third kappa shape index (κ3) is 5.06. The van der Waals surface area contributed by atoms with Crippen molar-refractivity contribution in [2.75, 3.05) is 16.0 Å². The highest BCUT2D eigenvalue weighted by molar-refractivity contribution is 8.14. The molecule has 8 nitrogen and oxygen atoms in total. The fraction of sp³-hybridized carbons (Fsp3) is 0.136. The summed E-state index contributed by atoms with van der Waals surface area (Å²) in [4.78, 5) is 31.5. The maximum Gasteiger partial charge on any atom is 0.302 e. The third-order valence-corrected chi connectivity index (χ3v) is 5.60. The Morgan fingerprint density at radius 1 is 1.25 bits per heavy atom. The number of amidine groups is 1. The Kier molecular flexibility index (Phi) is 6.67. The summed E-state index contributed by atoms with van der Waals surface area (Å²) in [7, 11) is 0. The molecule has 0 spiro atoms. The van der Waals surface area contributed by atoms with Crippen molar-refractivity contribution in [1.29, 1.82) is 0 Å². The molecule has 0 saturated heterocycles. The highest BCUT2D eigenvalue weighted by Gasteiger charge is 2.32. The predicted octanol–water partition coefficient (Wildman–Crippen LogP) is 3.75. The molecule has 2 aromatic carbocycles. The molecule has 1 aromatic heterocycles. The van der Waals surface area contributed by atoms with Crippen LogP contribution in [0.15, 0.2) is 76.0 Å². The highest BCUT2D eigenvalue weighted by Crippen LogP contribution is 2.29. The van der Waals surface area contributed by atoms with E-state index in [4.69, 9.17) is 16.1 Å². The Morgan fingerprint density at radius 2 is 2.06 bits per heavy atom. The average Bonchev–Trinajstić information content (AvgIpc) is 3.37. The van der Waals surface area contributed by atoms with Crippen molar-refractivity contribution in [3.8, 4) is 0 Å². The van der Waals surface area contributed by atoms with Crippen LogP contribution in [0.3, 0.4) is 0 Å². The van der Waals surface area contributed by atoms with Crippen molar-refractivity contribution in [3.05, 3.63) is 77.1 Å². The second-order valence-electron chi connectivity index (χ2n) is 6.71. The van der Waals surface area contributed by atoms with E-state index in [0.717, 1.165) is 17.3 Å². The van der Waals surface area contributed by atoms with E-state index >= 15 is 0 Å². The van der Waals surface area contributed by atoms with Gasteiger partial charge in [-0.2, -0.15) is 0 Å². The van der Waals surface area contributed by atoms with E-state index in [1.807, 2.05) is 43.3 Å². The Morgan fingerprint density at radius 3 is 2.78 bits per heavy atom. The number of nitrogens with one attached hydrogen (secondary N) is 1. The number of carbonyl (C=O) groups excluding carboxylic acids is 2. The lowest BCUT2D eigenvalue weighted by atomic mass is 10.2. The van der Waals surface area contributed by atoms with Crippen molar-refractivity contribution in [2.45, 2.75) is 13.5 Å². The monoisotopic (exact) mass is 468 g/mol. The number of aliphatic imine (C=N–C) groups is 1. The van der Waals surface area contributed by atoms with E-state index in [2.05, 4.69) is 15.6 Å². The van der Waals surface area contributed by atoms with Crippen LogP contribution in [-0.4, -0.2) is 28.0 Å². The predicted molar refractivity (Wildman–Crippen MR) is 124 cm³/mol. The summed E-state index contributed by atoms with van der Waals surface area (Å²) in [5.41, 5.74) is 1.69. The van der Waals surface area contributed by atoms with Crippen LogP contribution in [0.1, 0.15) is 12.5 Å². The first-order chi connectivity index (χ1) is 15.5. The summed E-state index contributed by atoms with van der Waals surface area (Å²) in [6.45, 7) is 2.53. The second-order valence-corrected chi connectivity index (χ2v) is 8.09. The Balaban J connectivity index is 1.54. The number of thioether (sulfide) groups is 1. The van der Waals surface area contributed by atoms with Crippen molar-refractivity contribution in [2.24, 2.45) is 4.99 Å². The maximum atomic E-state index is 13.1. The minimum Gasteiger partial charge on any atom is -0.288 e. The number of rotatable bonds is 6. The fourth-order valence-electron chi connectivity index (χ4n) is 2.94. The van der Waals surface area contributed by atoms with Gasteiger partial charge in [0.25, 0.3) is 12.1 Å². The topological polar surface area (TPSA) is 91.7 Å². The van der Waals surface area contributed by atoms with Gasteiger partial charge in [0.15, 0.2) is 11.7 Å². The number of benzene rings is 2. The van der Waals surface area contributed by atoms with Gasteiger partial charge in [0.1, 0.15) is 5.70 Å². The summed E-state index contributed by atoms with van der Waals surface area (Å²) >= 11 is 7.21.